The number of hydrogen-bond acceptors (Lipinski definition) is 4. The zero-order chi connectivity index (χ0) is 19.6. The first-order valence-electron chi connectivity index (χ1n) is 8.92. The van der Waals surface area contributed by atoms with Crippen molar-refractivity contribution in [3.8, 4) is 11.5 Å². The minimum Gasteiger partial charge on any atom is -0.497 e. The summed E-state index contributed by atoms with van der Waals surface area (Å²) in [5, 5.41) is 5.24. The van der Waals surface area contributed by atoms with E-state index < -0.39 is 11.8 Å². The van der Waals surface area contributed by atoms with Crippen molar-refractivity contribution in [2.45, 2.75) is 32.9 Å². The Labute approximate surface area is 159 Å². The molecule has 0 radical (unpaired) electrons. The molecule has 0 aliphatic rings. The fraction of sp³-hybridized carbons (Fsp3) is 0.333. The van der Waals surface area contributed by atoms with Crippen LogP contribution in [0.2, 0.25) is 0 Å². The maximum absolute atomic E-state index is 11.9. The van der Waals surface area contributed by atoms with Gasteiger partial charge in [0.1, 0.15) is 11.5 Å². The summed E-state index contributed by atoms with van der Waals surface area (Å²) in [6.45, 7) is 4.59. The average molecular weight is 370 g/mol. The van der Waals surface area contributed by atoms with E-state index in [-0.39, 0.29) is 12.6 Å². The summed E-state index contributed by atoms with van der Waals surface area (Å²) in [7, 11) is 1.61. The second-order valence-corrected chi connectivity index (χ2v) is 6.35. The van der Waals surface area contributed by atoms with Crippen molar-refractivity contribution >= 4 is 11.8 Å². The third-order valence-corrected chi connectivity index (χ3v) is 3.81. The Bertz CT molecular complexity index is 740. The van der Waals surface area contributed by atoms with Gasteiger partial charge in [0.15, 0.2) is 0 Å². The molecule has 0 fully saturated rings. The molecule has 27 heavy (non-hydrogen) atoms. The first-order chi connectivity index (χ1) is 13.0. The number of nitrogens with one attached hydrogen (secondary N) is 2. The van der Waals surface area contributed by atoms with Crippen molar-refractivity contribution in [3.63, 3.8) is 0 Å². The summed E-state index contributed by atoms with van der Waals surface area (Å²) in [6.07, 6.45) is 0.748. The third kappa shape index (κ3) is 7.01. The summed E-state index contributed by atoms with van der Waals surface area (Å²) in [6, 6.07) is 15.0. The van der Waals surface area contributed by atoms with Crippen LogP contribution < -0.4 is 20.1 Å². The molecule has 2 rings (SSSR count). The van der Waals surface area contributed by atoms with Gasteiger partial charge in [0, 0.05) is 13.1 Å². The molecule has 0 heterocycles. The molecule has 2 aromatic carbocycles. The van der Waals surface area contributed by atoms with Crippen molar-refractivity contribution in [2.24, 2.45) is 0 Å². The highest BCUT2D eigenvalue weighted by Crippen LogP contribution is 2.13. The summed E-state index contributed by atoms with van der Waals surface area (Å²) in [5.41, 5.74) is 1.95. The smallest absolute Gasteiger partial charge is 0.309 e. The van der Waals surface area contributed by atoms with E-state index in [1.54, 1.807) is 7.11 Å². The third-order valence-electron chi connectivity index (χ3n) is 3.81. The standard InChI is InChI=1S/C21H26N2O4/c1-15(2)27-19-10-6-17(7-11-19)14-23-21(25)20(24)22-13-12-16-4-8-18(26-3)9-5-16/h4-11,15H,12-14H2,1-3H3,(H,22,24)(H,23,25). The van der Waals surface area contributed by atoms with Gasteiger partial charge in [-0.1, -0.05) is 24.3 Å². The highest BCUT2D eigenvalue weighted by Gasteiger charge is 2.12. The maximum atomic E-state index is 11.9. The number of carbonyl (C=O) groups excluding carboxylic acids is 2. The van der Waals surface area contributed by atoms with Gasteiger partial charge in [-0.3, -0.25) is 9.59 Å². The first-order valence-corrected chi connectivity index (χ1v) is 8.92. The van der Waals surface area contributed by atoms with Gasteiger partial charge in [-0.05, 0) is 55.7 Å². The van der Waals surface area contributed by atoms with Gasteiger partial charge in [-0.15, -0.1) is 0 Å². The summed E-state index contributed by atoms with van der Waals surface area (Å²) in [4.78, 5) is 23.8. The molecule has 0 atom stereocenters. The molecule has 0 spiro atoms. The minimum absolute atomic E-state index is 0.108. The second kappa shape index (κ2) is 10.2. The van der Waals surface area contributed by atoms with E-state index in [0.29, 0.717) is 13.0 Å². The van der Waals surface area contributed by atoms with Crippen molar-refractivity contribution in [2.75, 3.05) is 13.7 Å². The highest BCUT2D eigenvalue weighted by atomic mass is 16.5. The van der Waals surface area contributed by atoms with Gasteiger partial charge in [-0.25, -0.2) is 0 Å². The Morgan fingerprint density at radius 3 is 2.00 bits per heavy atom. The zero-order valence-corrected chi connectivity index (χ0v) is 16.0. The van der Waals surface area contributed by atoms with Gasteiger partial charge in [-0.2, -0.15) is 0 Å². The molecule has 0 aliphatic carbocycles. The zero-order valence-electron chi connectivity index (χ0n) is 16.0. The Hall–Kier alpha value is -3.02. The van der Waals surface area contributed by atoms with E-state index in [1.807, 2.05) is 62.4 Å². The number of hydrogen-bond donors (Lipinski definition) is 2. The highest BCUT2D eigenvalue weighted by molar-refractivity contribution is 6.35. The quantitative estimate of drug-likeness (QED) is 0.700. The molecule has 144 valence electrons. The van der Waals surface area contributed by atoms with Crippen LogP contribution in [0.1, 0.15) is 25.0 Å². The lowest BCUT2D eigenvalue weighted by atomic mass is 10.1. The molecular formula is C21H26N2O4. The number of amides is 2. The molecule has 2 N–H and O–H groups in total. The molecule has 6 nitrogen and oxygen atoms in total. The van der Waals surface area contributed by atoms with E-state index in [9.17, 15) is 9.59 Å². The lowest BCUT2D eigenvalue weighted by Crippen LogP contribution is -2.40. The maximum Gasteiger partial charge on any atom is 0.309 e. The van der Waals surface area contributed by atoms with E-state index in [4.69, 9.17) is 9.47 Å². The van der Waals surface area contributed by atoms with Crippen LogP contribution in [0, 0.1) is 0 Å². The van der Waals surface area contributed by atoms with E-state index in [0.717, 1.165) is 22.6 Å². The minimum atomic E-state index is -0.646. The number of benzene rings is 2. The average Bonchev–Trinajstić information content (AvgIpc) is 2.67. The predicted octanol–water partition coefficient (Wildman–Crippen LogP) is 2.46. The largest absolute Gasteiger partial charge is 0.497 e. The van der Waals surface area contributed by atoms with Gasteiger partial charge in [0.2, 0.25) is 0 Å². The Morgan fingerprint density at radius 2 is 1.41 bits per heavy atom. The van der Waals surface area contributed by atoms with Crippen LogP contribution in [0.3, 0.4) is 0 Å². The van der Waals surface area contributed by atoms with Gasteiger partial charge >= 0.3 is 11.8 Å². The molecule has 0 aromatic heterocycles. The topological polar surface area (TPSA) is 76.7 Å². The molecule has 6 heteroatoms. The molecule has 0 saturated carbocycles. The summed E-state index contributed by atoms with van der Waals surface area (Å²) >= 11 is 0. The number of methoxy groups -OCH3 is 1. The molecule has 2 aromatic rings. The van der Waals surface area contributed by atoms with Crippen LogP contribution in [0.25, 0.3) is 0 Å². The van der Waals surface area contributed by atoms with E-state index in [1.165, 1.54) is 0 Å². The van der Waals surface area contributed by atoms with Crippen molar-refractivity contribution in [1.29, 1.82) is 0 Å². The summed E-state index contributed by atoms with van der Waals surface area (Å²) < 4.78 is 10.7. The fourth-order valence-electron chi connectivity index (χ4n) is 2.41. The van der Waals surface area contributed by atoms with Crippen molar-refractivity contribution in [3.05, 3.63) is 59.7 Å². The number of rotatable bonds is 8. The lowest BCUT2D eigenvalue weighted by molar-refractivity contribution is -0.139. The Kier molecular flexibility index (Phi) is 7.67. The number of ether oxygens (including phenoxy) is 2. The Morgan fingerprint density at radius 1 is 0.852 bits per heavy atom. The molecular weight excluding hydrogens is 344 g/mol. The van der Waals surface area contributed by atoms with Gasteiger partial charge in [0.25, 0.3) is 0 Å². The normalized spacial score (nSPS) is 10.4. The fourth-order valence-corrected chi connectivity index (χ4v) is 2.41. The Balaban J connectivity index is 1.71. The number of carbonyl (C=O) groups is 2. The van der Waals surface area contributed by atoms with Crippen LogP contribution >= 0.6 is 0 Å². The second-order valence-electron chi connectivity index (χ2n) is 6.35. The molecule has 0 bridgehead atoms. The van der Waals surface area contributed by atoms with Crippen LogP contribution in [0.15, 0.2) is 48.5 Å². The van der Waals surface area contributed by atoms with Crippen LogP contribution in [-0.2, 0) is 22.6 Å². The van der Waals surface area contributed by atoms with Crippen LogP contribution in [0.4, 0.5) is 0 Å². The molecule has 2 amide bonds. The predicted molar refractivity (Wildman–Crippen MR) is 104 cm³/mol. The molecule has 0 saturated heterocycles. The van der Waals surface area contributed by atoms with Crippen LogP contribution in [-0.4, -0.2) is 31.6 Å². The van der Waals surface area contributed by atoms with Crippen molar-refractivity contribution in [1.82, 2.24) is 10.6 Å². The van der Waals surface area contributed by atoms with Gasteiger partial charge < -0.3 is 20.1 Å². The first kappa shape index (κ1) is 20.3. The van der Waals surface area contributed by atoms with Crippen molar-refractivity contribution < 1.29 is 19.1 Å². The van der Waals surface area contributed by atoms with Gasteiger partial charge in [0.05, 0.1) is 13.2 Å². The lowest BCUT2D eigenvalue weighted by Gasteiger charge is -2.10. The SMILES string of the molecule is COc1ccc(CCNC(=O)C(=O)NCc2ccc(OC(C)C)cc2)cc1. The molecule has 0 aliphatic heterocycles. The van der Waals surface area contributed by atoms with E-state index >= 15 is 0 Å². The monoisotopic (exact) mass is 370 g/mol. The summed E-state index contributed by atoms with van der Waals surface area (Å²) in [5.74, 6) is 0.276. The van der Waals surface area contributed by atoms with Crippen LogP contribution in [0.5, 0.6) is 11.5 Å². The van der Waals surface area contributed by atoms with E-state index in [2.05, 4.69) is 10.6 Å². The molecule has 0 unspecified atom stereocenters.